The predicted octanol–water partition coefficient (Wildman–Crippen LogP) is 4.30. The minimum absolute atomic E-state index is 0.608. The third-order valence-electron chi connectivity index (χ3n) is 4.48. The second-order valence-electron chi connectivity index (χ2n) is 6.18. The highest BCUT2D eigenvalue weighted by molar-refractivity contribution is 5.98. The molecule has 5 heteroatoms. The molecule has 5 nitrogen and oxygen atoms in total. The third kappa shape index (κ3) is 3.23. The number of H-pyrrole nitrogens is 1. The van der Waals surface area contributed by atoms with Gasteiger partial charge in [-0.3, -0.25) is 10.0 Å². The molecule has 0 bridgehead atoms. The number of aromatic amines is 1. The monoisotopic (exact) mass is 355 g/mol. The van der Waals surface area contributed by atoms with Gasteiger partial charge < -0.3 is 4.98 Å². The first kappa shape index (κ1) is 16.8. The number of carbonyl (C=O) groups excluding carboxylic acids is 1. The molecule has 132 valence electrons. The summed E-state index contributed by atoms with van der Waals surface area (Å²) < 4.78 is 0. The van der Waals surface area contributed by atoms with E-state index in [4.69, 9.17) is 5.21 Å². The van der Waals surface area contributed by atoms with E-state index < -0.39 is 5.91 Å². The smallest absolute Gasteiger partial charge is 0.267 e. The molecule has 27 heavy (non-hydrogen) atoms. The highest BCUT2D eigenvalue weighted by Gasteiger charge is 2.10. The average Bonchev–Trinajstić information content (AvgIpc) is 3.18. The Kier molecular flexibility index (Phi) is 4.28. The largest absolute Gasteiger partial charge is 0.361 e. The molecule has 0 saturated heterocycles. The standard InChI is InChI=1S/C22H17N3O2/c1-14(15-6-8-20-16(12-15)10-11-23-20)19-13-17(7-9-22(26)25-27)24-21-5-3-2-4-18(19)21/h2-13,23,27H,1H2,(H,25,26)/b9-7+. The second kappa shape index (κ2) is 6.90. The zero-order valence-electron chi connectivity index (χ0n) is 14.4. The van der Waals surface area contributed by atoms with Crippen LogP contribution in [0.2, 0.25) is 0 Å². The fourth-order valence-corrected chi connectivity index (χ4v) is 3.13. The number of hydrogen-bond acceptors (Lipinski definition) is 3. The van der Waals surface area contributed by atoms with E-state index in [1.165, 1.54) is 6.08 Å². The van der Waals surface area contributed by atoms with Crippen molar-refractivity contribution < 1.29 is 10.0 Å². The van der Waals surface area contributed by atoms with E-state index in [1.54, 1.807) is 11.6 Å². The van der Waals surface area contributed by atoms with Gasteiger partial charge in [-0.05, 0) is 58.5 Å². The van der Waals surface area contributed by atoms with Gasteiger partial charge in [-0.25, -0.2) is 10.5 Å². The summed E-state index contributed by atoms with van der Waals surface area (Å²) in [6.45, 7) is 4.31. The van der Waals surface area contributed by atoms with Crippen molar-refractivity contribution in [2.75, 3.05) is 0 Å². The van der Waals surface area contributed by atoms with Gasteiger partial charge in [0.1, 0.15) is 0 Å². The van der Waals surface area contributed by atoms with Gasteiger partial charge in [0.05, 0.1) is 11.2 Å². The molecule has 4 aromatic rings. The van der Waals surface area contributed by atoms with Crippen molar-refractivity contribution >= 4 is 39.4 Å². The number of pyridine rings is 1. The van der Waals surface area contributed by atoms with Crippen molar-refractivity contribution in [1.82, 2.24) is 15.4 Å². The van der Waals surface area contributed by atoms with E-state index in [0.29, 0.717) is 5.69 Å². The molecular formula is C22H17N3O2. The van der Waals surface area contributed by atoms with Crippen molar-refractivity contribution in [2.24, 2.45) is 0 Å². The molecule has 0 aliphatic heterocycles. The Morgan fingerprint density at radius 3 is 2.85 bits per heavy atom. The Morgan fingerprint density at radius 1 is 1.15 bits per heavy atom. The Bertz CT molecular complexity index is 1200. The van der Waals surface area contributed by atoms with Crippen LogP contribution in [-0.4, -0.2) is 21.1 Å². The molecule has 0 fully saturated rings. The lowest BCUT2D eigenvalue weighted by molar-refractivity contribution is -0.124. The van der Waals surface area contributed by atoms with E-state index in [9.17, 15) is 4.79 Å². The van der Waals surface area contributed by atoms with Crippen molar-refractivity contribution in [3.05, 3.63) is 90.3 Å². The summed E-state index contributed by atoms with van der Waals surface area (Å²) in [6.07, 6.45) is 4.70. The number of benzene rings is 2. The number of nitrogens with one attached hydrogen (secondary N) is 2. The Balaban J connectivity index is 1.84. The van der Waals surface area contributed by atoms with Crippen LogP contribution in [0, 0.1) is 0 Å². The SMILES string of the molecule is C=C(c1ccc2[nH]ccc2c1)c1cc(/C=C/C(=O)NO)nc2ccccc12. The van der Waals surface area contributed by atoms with Crippen LogP contribution < -0.4 is 5.48 Å². The molecule has 0 radical (unpaired) electrons. The fourth-order valence-electron chi connectivity index (χ4n) is 3.13. The van der Waals surface area contributed by atoms with Gasteiger partial charge >= 0.3 is 0 Å². The van der Waals surface area contributed by atoms with Crippen LogP contribution >= 0.6 is 0 Å². The van der Waals surface area contributed by atoms with E-state index in [1.807, 2.05) is 54.7 Å². The maximum Gasteiger partial charge on any atom is 0.267 e. The van der Waals surface area contributed by atoms with Crippen LogP contribution in [0.3, 0.4) is 0 Å². The molecule has 1 amide bonds. The summed E-state index contributed by atoms with van der Waals surface area (Å²) in [5, 5.41) is 10.8. The first-order chi connectivity index (χ1) is 13.2. The Labute approximate surface area is 155 Å². The van der Waals surface area contributed by atoms with Gasteiger partial charge in [0, 0.05) is 23.2 Å². The van der Waals surface area contributed by atoms with Crippen LogP contribution in [0.1, 0.15) is 16.8 Å². The number of hydroxylamine groups is 1. The zero-order valence-corrected chi connectivity index (χ0v) is 14.4. The van der Waals surface area contributed by atoms with Crippen molar-refractivity contribution in [2.45, 2.75) is 0 Å². The van der Waals surface area contributed by atoms with Crippen molar-refractivity contribution in [3.63, 3.8) is 0 Å². The van der Waals surface area contributed by atoms with Gasteiger partial charge in [-0.15, -0.1) is 0 Å². The number of hydrogen-bond donors (Lipinski definition) is 3. The van der Waals surface area contributed by atoms with Gasteiger partial charge in [0.15, 0.2) is 0 Å². The first-order valence-corrected chi connectivity index (χ1v) is 8.44. The molecule has 2 aromatic heterocycles. The zero-order chi connectivity index (χ0) is 18.8. The van der Waals surface area contributed by atoms with Gasteiger partial charge in [-0.2, -0.15) is 0 Å². The lowest BCUT2D eigenvalue weighted by Crippen LogP contribution is -2.14. The van der Waals surface area contributed by atoms with Gasteiger partial charge in [0.2, 0.25) is 0 Å². The predicted molar refractivity (Wildman–Crippen MR) is 107 cm³/mol. The minimum Gasteiger partial charge on any atom is -0.361 e. The molecule has 0 spiro atoms. The van der Waals surface area contributed by atoms with Gasteiger partial charge in [0.25, 0.3) is 5.91 Å². The van der Waals surface area contributed by atoms with Crippen LogP contribution in [0.5, 0.6) is 0 Å². The normalized spacial score (nSPS) is 11.3. The maximum absolute atomic E-state index is 11.3. The highest BCUT2D eigenvalue weighted by Crippen LogP contribution is 2.30. The van der Waals surface area contributed by atoms with Crippen LogP contribution in [0.4, 0.5) is 0 Å². The lowest BCUT2D eigenvalue weighted by Gasteiger charge is -2.11. The molecule has 0 aliphatic carbocycles. The molecule has 0 saturated carbocycles. The van der Waals surface area contributed by atoms with Crippen molar-refractivity contribution in [1.29, 1.82) is 0 Å². The second-order valence-corrected chi connectivity index (χ2v) is 6.18. The molecule has 3 N–H and O–H groups in total. The van der Waals surface area contributed by atoms with E-state index in [0.717, 1.165) is 38.5 Å². The molecule has 0 unspecified atom stereocenters. The van der Waals surface area contributed by atoms with Crippen LogP contribution in [0.25, 0.3) is 33.5 Å². The van der Waals surface area contributed by atoms with E-state index in [-0.39, 0.29) is 0 Å². The third-order valence-corrected chi connectivity index (χ3v) is 4.48. The summed E-state index contributed by atoms with van der Waals surface area (Å²) in [6, 6.07) is 17.9. The maximum atomic E-state index is 11.3. The van der Waals surface area contributed by atoms with E-state index >= 15 is 0 Å². The Morgan fingerprint density at radius 2 is 2.00 bits per heavy atom. The molecular weight excluding hydrogens is 338 g/mol. The van der Waals surface area contributed by atoms with Crippen molar-refractivity contribution in [3.8, 4) is 0 Å². The number of para-hydroxylation sites is 1. The fraction of sp³-hybridized carbons (Fsp3) is 0. The van der Waals surface area contributed by atoms with Crippen LogP contribution in [-0.2, 0) is 4.79 Å². The number of nitrogens with zero attached hydrogens (tertiary/aromatic N) is 1. The first-order valence-electron chi connectivity index (χ1n) is 8.44. The number of carbonyl (C=O) groups is 1. The lowest BCUT2D eigenvalue weighted by atomic mass is 9.95. The molecule has 2 heterocycles. The number of amides is 1. The quantitative estimate of drug-likeness (QED) is 0.290. The summed E-state index contributed by atoms with van der Waals surface area (Å²) >= 11 is 0. The molecule has 0 atom stereocenters. The topological polar surface area (TPSA) is 78.0 Å². The van der Waals surface area contributed by atoms with Crippen LogP contribution in [0.15, 0.2) is 73.4 Å². The summed E-state index contributed by atoms with van der Waals surface area (Å²) in [5.74, 6) is -0.608. The Hall–Kier alpha value is -3.70. The number of aromatic nitrogens is 2. The molecule has 0 aliphatic rings. The highest BCUT2D eigenvalue weighted by atomic mass is 16.5. The molecule has 2 aromatic carbocycles. The van der Waals surface area contributed by atoms with Gasteiger partial charge in [-0.1, -0.05) is 30.8 Å². The number of rotatable bonds is 4. The average molecular weight is 355 g/mol. The minimum atomic E-state index is -0.608. The summed E-state index contributed by atoms with van der Waals surface area (Å²) in [7, 11) is 0. The summed E-state index contributed by atoms with van der Waals surface area (Å²) in [5.41, 5.74) is 6.90. The number of fused-ring (bicyclic) bond motifs is 2. The van der Waals surface area contributed by atoms with E-state index in [2.05, 4.69) is 22.6 Å². The summed E-state index contributed by atoms with van der Waals surface area (Å²) in [4.78, 5) is 19.0. The molecule has 4 rings (SSSR count).